The van der Waals surface area contributed by atoms with Gasteiger partial charge < -0.3 is 23.7 Å². The first kappa shape index (κ1) is 20.4. The Bertz CT molecular complexity index is 530. The van der Waals surface area contributed by atoms with Crippen molar-refractivity contribution in [2.75, 3.05) is 13.2 Å². The number of hydrogen-bond acceptors (Lipinski definition) is 6. The largest absolute Gasteiger partial charge is 0.452 e. The average molecular weight is 404 g/mol. The predicted molar refractivity (Wildman–Crippen MR) is 93.8 cm³/mol. The minimum Gasteiger partial charge on any atom is -0.452 e. The molecule has 0 radical (unpaired) electrons. The average Bonchev–Trinajstić information content (AvgIpc) is 3.25. The Morgan fingerprint density at radius 3 is 1.71 bits per heavy atom. The third kappa shape index (κ3) is 4.20. The lowest BCUT2D eigenvalue weighted by Gasteiger charge is -2.35. The molecule has 4 rings (SSSR count). The van der Waals surface area contributed by atoms with E-state index in [4.69, 9.17) is 23.7 Å². The monoisotopic (exact) mass is 404 g/mol. The molecule has 4 aliphatic rings. The minimum absolute atomic E-state index is 0.195. The van der Waals surface area contributed by atoms with E-state index in [1.807, 2.05) is 0 Å². The second-order valence-electron chi connectivity index (χ2n) is 8.64. The molecule has 0 bridgehead atoms. The van der Waals surface area contributed by atoms with Crippen molar-refractivity contribution < 1.29 is 37.3 Å². The van der Waals surface area contributed by atoms with Crippen LogP contribution in [0.1, 0.15) is 71.1 Å². The van der Waals surface area contributed by atoms with E-state index in [1.54, 1.807) is 0 Å². The molecule has 0 aromatic carbocycles. The van der Waals surface area contributed by atoms with E-state index in [0.29, 0.717) is 6.92 Å². The standard InChI is InChI=1S/C20H30F2O6/c1-18(21,22)17(23)26-16(14-12-24-19(27-14)8-4-2-5-9-19)15-13-25-20(28-15)10-6-3-7-11-20/h14-16H,2-13H2,1H3. The summed E-state index contributed by atoms with van der Waals surface area (Å²) in [5, 5.41) is 0. The second kappa shape index (κ2) is 7.78. The smallest absolute Gasteiger partial charge is 0.377 e. The maximum Gasteiger partial charge on any atom is 0.377 e. The Hall–Kier alpha value is -0.830. The van der Waals surface area contributed by atoms with Crippen molar-refractivity contribution in [1.29, 1.82) is 0 Å². The highest BCUT2D eigenvalue weighted by atomic mass is 19.3. The zero-order valence-corrected chi connectivity index (χ0v) is 16.4. The maximum atomic E-state index is 13.5. The van der Waals surface area contributed by atoms with E-state index in [-0.39, 0.29) is 13.2 Å². The lowest BCUT2D eigenvalue weighted by atomic mass is 9.94. The Labute approximate surface area is 164 Å². The summed E-state index contributed by atoms with van der Waals surface area (Å²) >= 11 is 0. The first-order chi connectivity index (χ1) is 13.3. The number of rotatable bonds is 4. The lowest BCUT2D eigenvalue weighted by molar-refractivity contribution is -0.228. The first-order valence-corrected chi connectivity index (χ1v) is 10.5. The SMILES string of the molecule is CC(F)(F)C(=O)OC(C1COC2(CCCCC2)O1)C1COC2(CCCCC2)O1. The molecule has 28 heavy (non-hydrogen) atoms. The van der Waals surface area contributed by atoms with Gasteiger partial charge in [0.1, 0.15) is 12.2 Å². The van der Waals surface area contributed by atoms with Crippen LogP contribution >= 0.6 is 0 Å². The molecule has 4 fully saturated rings. The van der Waals surface area contributed by atoms with Crippen LogP contribution in [-0.4, -0.2) is 55.0 Å². The molecular weight excluding hydrogens is 374 g/mol. The number of halogens is 2. The molecule has 6 nitrogen and oxygen atoms in total. The molecule has 2 spiro atoms. The fourth-order valence-electron chi connectivity index (χ4n) is 4.80. The van der Waals surface area contributed by atoms with Crippen LogP contribution in [-0.2, 0) is 28.5 Å². The van der Waals surface area contributed by atoms with Crippen LogP contribution < -0.4 is 0 Å². The molecular formula is C20H30F2O6. The van der Waals surface area contributed by atoms with Crippen LogP contribution in [0.15, 0.2) is 0 Å². The Kier molecular flexibility index (Phi) is 5.68. The summed E-state index contributed by atoms with van der Waals surface area (Å²) in [4.78, 5) is 12.0. The van der Waals surface area contributed by atoms with Crippen LogP contribution in [0.4, 0.5) is 8.78 Å². The van der Waals surface area contributed by atoms with Crippen LogP contribution in [0.2, 0.25) is 0 Å². The van der Waals surface area contributed by atoms with Gasteiger partial charge in [0.05, 0.1) is 13.2 Å². The van der Waals surface area contributed by atoms with E-state index in [2.05, 4.69) is 0 Å². The highest BCUT2D eigenvalue weighted by molar-refractivity contribution is 5.77. The summed E-state index contributed by atoms with van der Waals surface area (Å²) in [6.45, 7) is 0.926. The van der Waals surface area contributed by atoms with Crippen LogP contribution in [0.5, 0.6) is 0 Å². The Balaban J connectivity index is 1.49. The van der Waals surface area contributed by atoms with Crippen LogP contribution in [0.25, 0.3) is 0 Å². The molecule has 2 atom stereocenters. The lowest BCUT2D eigenvalue weighted by Crippen LogP contribution is -2.48. The highest BCUT2D eigenvalue weighted by Gasteiger charge is 2.53. The van der Waals surface area contributed by atoms with Gasteiger partial charge in [-0.15, -0.1) is 0 Å². The number of ether oxygens (including phenoxy) is 5. The number of esters is 1. The van der Waals surface area contributed by atoms with Gasteiger partial charge in [0.2, 0.25) is 0 Å². The molecule has 2 saturated carbocycles. The number of alkyl halides is 2. The van der Waals surface area contributed by atoms with E-state index in [1.165, 1.54) is 0 Å². The van der Waals surface area contributed by atoms with Crippen molar-refractivity contribution in [3.8, 4) is 0 Å². The summed E-state index contributed by atoms with van der Waals surface area (Å²) < 4.78 is 56.5. The van der Waals surface area contributed by atoms with E-state index in [0.717, 1.165) is 64.2 Å². The van der Waals surface area contributed by atoms with E-state index in [9.17, 15) is 13.6 Å². The minimum atomic E-state index is -3.58. The van der Waals surface area contributed by atoms with Crippen molar-refractivity contribution in [3.05, 3.63) is 0 Å². The van der Waals surface area contributed by atoms with Gasteiger partial charge in [0.25, 0.3) is 0 Å². The number of hydrogen-bond donors (Lipinski definition) is 0. The molecule has 0 amide bonds. The van der Waals surface area contributed by atoms with E-state index >= 15 is 0 Å². The molecule has 2 aliphatic heterocycles. The van der Waals surface area contributed by atoms with Gasteiger partial charge in [0, 0.05) is 32.6 Å². The summed E-state index contributed by atoms with van der Waals surface area (Å²) in [6.07, 6.45) is 7.03. The van der Waals surface area contributed by atoms with Crippen molar-refractivity contribution >= 4 is 5.97 Å². The number of carbonyl (C=O) groups is 1. The fourth-order valence-corrected chi connectivity index (χ4v) is 4.80. The quantitative estimate of drug-likeness (QED) is 0.666. The van der Waals surface area contributed by atoms with Crippen molar-refractivity contribution in [3.63, 3.8) is 0 Å². The topological polar surface area (TPSA) is 63.2 Å². The normalized spacial score (nSPS) is 33.2. The summed E-state index contributed by atoms with van der Waals surface area (Å²) in [7, 11) is 0. The van der Waals surface area contributed by atoms with E-state index < -0.39 is 41.8 Å². The molecule has 2 saturated heterocycles. The Morgan fingerprint density at radius 2 is 1.32 bits per heavy atom. The van der Waals surface area contributed by atoms with Crippen molar-refractivity contribution in [2.24, 2.45) is 0 Å². The predicted octanol–water partition coefficient (Wildman–Crippen LogP) is 3.71. The molecule has 2 aliphatic carbocycles. The van der Waals surface area contributed by atoms with Crippen LogP contribution in [0, 0.1) is 0 Å². The molecule has 0 N–H and O–H groups in total. The fraction of sp³-hybridized carbons (Fsp3) is 0.950. The molecule has 2 heterocycles. The van der Waals surface area contributed by atoms with Gasteiger partial charge in [0.15, 0.2) is 17.7 Å². The highest BCUT2D eigenvalue weighted by Crippen LogP contribution is 2.43. The van der Waals surface area contributed by atoms with Gasteiger partial charge in [-0.05, 0) is 25.7 Å². The van der Waals surface area contributed by atoms with Gasteiger partial charge in [-0.3, -0.25) is 0 Å². The van der Waals surface area contributed by atoms with Gasteiger partial charge in [-0.1, -0.05) is 12.8 Å². The van der Waals surface area contributed by atoms with Gasteiger partial charge >= 0.3 is 11.9 Å². The molecule has 2 unspecified atom stereocenters. The van der Waals surface area contributed by atoms with Gasteiger partial charge in [-0.2, -0.15) is 8.78 Å². The van der Waals surface area contributed by atoms with Gasteiger partial charge in [-0.25, -0.2) is 4.79 Å². The second-order valence-corrected chi connectivity index (χ2v) is 8.64. The van der Waals surface area contributed by atoms with Crippen molar-refractivity contribution in [2.45, 2.75) is 107 Å². The molecule has 8 heteroatoms. The van der Waals surface area contributed by atoms with Crippen LogP contribution in [0.3, 0.4) is 0 Å². The third-order valence-corrected chi connectivity index (χ3v) is 6.32. The molecule has 0 aromatic rings. The zero-order chi connectivity index (χ0) is 19.8. The van der Waals surface area contributed by atoms with Crippen molar-refractivity contribution in [1.82, 2.24) is 0 Å². The third-order valence-electron chi connectivity index (χ3n) is 6.32. The first-order valence-electron chi connectivity index (χ1n) is 10.5. The molecule has 0 aromatic heterocycles. The summed E-state index contributed by atoms with van der Waals surface area (Å²) in [5.74, 6) is -6.53. The maximum absolute atomic E-state index is 13.5. The number of carbonyl (C=O) groups excluding carboxylic acids is 1. The summed E-state index contributed by atoms with van der Waals surface area (Å²) in [5.41, 5.74) is 0. The summed E-state index contributed by atoms with van der Waals surface area (Å²) in [6, 6.07) is 0. The molecule has 160 valence electrons. The Morgan fingerprint density at radius 1 is 0.893 bits per heavy atom. The zero-order valence-electron chi connectivity index (χ0n) is 16.4.